The van der Waals surface area contributed by atoms with Crippen LogP contribution in [-0.2, 0) is 10.2 Å². The SMILES string of the molecule is CCC1(O)CCCN(C(=O)C2(c3nn[nH]n3)CCCC2)C1. The van der Waals surface area contributed by atoms with E-state index in [1.807, 2.05) is 11.8 Å². The molecule has 1 saturated heterocycles. The van der Waals surface area contributed by atoms with Crippen molar-refractivity contribution in [1.29, 1.82) is 0 Å². The number of nitrogens with zero attached hydrogens (tertiary/aromatic N) is 4. The first kappa shape index (κ1) is 14.4. The van der Waals surface area contributed by atoms with Crippen LogP contribution in [0.3, 0.4) is 0 Å². The second-order valence-electron chi connectivity index (χ2n) is 6.43. The number of rotatable bonds is 3. The van der Waals surface area contributed by atoms with Crippen molar-refractivity contribution in [3.05, 3.63) is 5.82 Å². The van der Waals surface area contributed by atoms with Gasteiger partial charge in [-0.15, -0.1) is 10.2 Å². The molecule has 0 bridgehead atoms. The van der Waals surface area contributed by atoms with E-state index in [0.29, 0.717) is 25.3 Å². The fourth-order valence-corrected chi connectivity index (χ4v) is 3.75. The van der Waals surface area contributed by atoms with E-state index in [4.69, 9.17) is 0 Å². The van der Waals surface area contributed by atoms with Crippen molar-refractivity contribution in [2.24, 2.45) is 0 Å². The van der Waals surface area contributed by atoms with Gasteiger partial charge in [0.1, 0.15) is 5.41 Å². The molecule has 2 aliphatic rings. The summed E-state index contributed by atoms with van der Waals surface area (Å²) < 4.78 is 0. The Hall–Kier alpha value is -1.50. The van der Waals surface area contributed by atoms with E-state index in [2.05, 4.69) is 20.6 Å². The first-order valence-electron chi connectivity index (χ1n) is 7.85. The average molecular weight is 293 g/mol. The maximum atomic E-state index is 13.1. The third-order valence-electron chi connectivity index (χ3n) is 5.14. The lowest BCUT2D eigenvalue weighted by molar-refractivity contribution is -0.145. The Balaban J connectivity index is 1.85. The van der Waals surface area contributed by atoms with Crippen LogP contribution >= 0.6 is 0 Å². The zero-order valence-corrected chi connectivity index (χ0v) is 12.5. The van der Waals surface area contributed by atoms with E-state index in [9.17, 15) is 9.90 Å². The number of H-pyrrole nitrogens is 1. The molecule has 1 atom stereocenters. The molecular weight excluding hydrogens is 270 g/mol. The second kappa shape index (κ2) is 5.36. The summed E-state index contributed by atoms with van der Waals surface area (Å²) in [4.78, 5) is 14.9. The molecule has 2 heterocycles. The number of hydrogen-bond donors (Lipinski definition) is 2. The minimum absolute atomic E-state index is 0.0629. The van der Waals surface area contributed by atoms with Gasteiger partial charge in [0.05, 0.1) is 5.60 Å². The molecule has 7 heteroatoms. The third-order valence-corrected chi connectivity index (χ3v) is 5.14. The summed E-state index contributed by atoms with van der Waals surface area (Å²) in [5.41, 5.74) is -1.38. The molecular formula is C14H23N5O2. The second-order valence-corrected chi connectivity index (χ2v) is 6.43. The molecule has 1 unspecified atom stereocenters. The number of hydrogen-bond acceptors (Lipinski definition) is 5. The van der Waals surface area contributed by atoms with Crippen molar-refractivity contribution < 1.29 is 9.90 Å². The number of β-amino-alcohol motifs (C(OH)–C–C–N with tert-alkyl or cyclic N) is 1. The van der Waals surface area contributed by atoms with E-state index < -0.39 is 11.0 Å². The van der Waals surface area contributed by atoms with Gasteiger partial charge < -0.3 is 10.0 Å². The Morgan fingerprint density at radius 2 is 2.10 bits per heavy atom. The number of amides is 1. The lowest BCUT2D eigenvalue weighted by Crippen LogP contribution is -2.55. The summed E-state index contributed by atoms with van der Waals surface area (Å²) in [5.74, 6) is 0.573. The highest BCUT2D eigenvalue weighted by Gasteiger charge is 2.49. The molecule has 0 radical (unpaired) electrons. The molecule has 0 aromatic carbocycles. The Morgan fingerprint density at radius 3 is 2.71 bits per heavy atom. The molecule has 1 aliphatic carbocycles. The van der Waals surface area contributed by atoms with Crippen LogP contribution in [0.2, 0.25) is 0 Å². The van der Waals surface area contributed by atoms with E-state index in [1.54, 1.807) is 0 Å². The number of carbonyl (C=O) groups excluding carboxylic acids is 1. The maximum Gasteiger partial charge on any atom is 0.236 e. The lowest BCUT2D eigenvalue weighted by Gasteiger charge is -2.41. The van der Waals surface area contributed by atoms with E-state index >= 15 is 0 Å². The number of tetrazole rings is 1. The Morgan fingerprint density at radius 1 is 1.33 bits per heavy atom. The average Bonchev–Trinajstić information content (AvgIpc) is 3.18. The normalized spacial score (nSPS) is 28.8. The van der Waals surface area contributed by atoms with Gasteiger partial charge >= 0.3 is 0 Å². The zero-order chi connectivity index (χ0) is 14.9. The summed E-state index contributed by atoms with van der Waals surface area (Å²) in [7, 11) is 0. The number of nitrogens with one attached hydrogen (secondary N) is 1. The molecule has 2 fully saturated rings. The Kier molecular flexibility index (Phi) is 3.69. The summed E-state index contributed by atoms with van der Waals surface area (Å²) >= 11 is 0. The van der Waals surface area contributed by atoms with Gasteiger partial charge in [-0.2, -0.15) is 5.21 Å². The van der Waals surface area contributed by atoms with Crippen molar-refractivity contribution in [3.8, 4) is 0 Å². The van der Waals surface area contributed by atoms with Gasteiger partial charge in [-0.1, -0.05) is 25.0 Å². The van der Waals surface area contributed by atoms with Gasteiger partial charge in [0.2, 0.25) is 5.91 Å². The van der Waals surface area contributed by atoms with Gasteiger partial charge in [-0.25, -0.2) is 0 Å². The number of aromatic amines is 1. The van der Waals surface area contributed by atoms with Crippen LogP contribution in [0.15, 0.2) is 0 Å². The first-order chi connectivity index (χ1) is 10.1. The molecule has 7 nitrogen and oxygen atoms in total. The van der Waals surface area contributed by atoms with Crippen molar-refractivity contribution >= 4 is 5.91 Å². The topological polar surface area (TPSA) is 95.0 Å². The van der Waals surface area contributed by atoms with Gasteiger partial charge in [0.15, 0.2) is 5.82 Å². The molecule has 1 amide bonds. The Labute approximate surface area is 124 Å². The summed E-state index contributed by atoms with van der Waals surface area (Å²) in [6.07, 6.45) is 5.84. The number of carbonyl (C=O) groups is 1. The predicted molar refractivity (Wildman–Crippen MR) is 75.4 cm³/mol. The number of piperidine rings is 1. The lowest BCUT2D eigenvalue weighted by atomic mass is 9.81. The molecule has 3 rings (SSSR count). The molecule has 1 aliphatic heterocycles. The fourth-order valence-electron chi connectivity index (χ4n) is 3.75. The molecule has 21 heavy (non-hydrogen) atoms. The molecule has 1 aromatic heterocycles. The largest absolute Gasteiger partial charge is 0.388 e. The van der Waals surface area contributed by atoms with Crippen LogP contribution in [0.25, 0.3) is 0 Å². The minimum Gasteiger partial charge on any atom is -0.388 e. The molecule has 2 N–H and O–H groups in total. The fraction of sp³-hybridized carbons (Fsp3) is 0.857. The smallest absolute Gasteiger partial charge is 0.236 e. The van der Waals surface area contributed by atoms with Gasteiger partial charge in [-0.3, -0.25) is 4.79 Å². The van der Waals surface area contributed by atoms with Crippen LogP contribution < -0.4 is 0 Å². The maximum absolute atomic E-state index is 13.1. The van der Waals surface area contributed by atoms with E-state index in [1.165, 1.54) is 0 Å². The summed E-state index contributed by atoms with van der Waals surface area (Å²) in [6.45, 7) is 3.10. The molecule has 1 aromatic rings. The third kappa shape index (κ3) is 2.43. The number of aliphatic hydroxyl groups is 1. The molecule has 0 spiro atoms. The van der Waals surface area contributed by atoms with E-state index in [-0.39, 0.29) is 5.91 Å². The monoisotopic (exact) mass is 293 g/mol. The van der Waals surface area contributed by atoms with Gasteiger partial charge in [-0.05, 0) is 32.1 Å². The van der Waals surface area contributed by atoms with Crippen LogP contribution in [0.1, 0.15) is 57.7 Å². The zero-order valence-electron chi connectivity index (χ0n) is 12.5. The number of aromatic nitrogens is 4. The van der Waals surface area contributed by atoms with Crippen LogP contribution in [-0.4, -0.2) is 55.2 Å². The van der Waals surface area contributed by atoms with Crippen molar-refractivity contribution in [2.75, 3.05) is 13.1 Å². The van der Waals surface area contributed by atoms with Crippen LogP contribution in [0, 0.1) is 0 Å². The van der Waals surface area contributed by atoms with Crippen LogP contribution in [0.5, 0.6) is 0 Å². The standard InChI is InChI=1S/C14H23N5O2/c1-2-13(21)6-5-9-19(10-13)12(20)14(7-3-4-8-14)11-15-17-18-16-11/h21H,2-10H2,1H3,(H,15,16,17,18). The molecule has 1 saturated carbocycles. The predicted octanol–water partition coefficient (Wildman–Crippen LogP) is 0.775. The van der Waals surface area contributed by atoms with Crippen molar-refractivity contribution in [3.63, 3.8) is 0 Å². The number of likely N-dealkylation sites (tertiary alicyclic amines) is 1. The van der Waals surface area contributed by atoms with Gasteiger partial charge in [0.25, 0.3) is 0 Å². The highest BCUT2D eigenvalue weighted by molar-refractivity contribution is 5.87. The quantitative estimate of drug-likeness (QED) is 0.858. The van der Waals surface area contributed by atoms with Crippen molar-refractivity contribution in [2.45, 2.75) is 62.9 Å². The van der Waals surface area contributed by atoms with Crippen LogP contribution in [0.4, 0.5) is 0 Å². The van der Waals surface area contributed by atoms with Gasteiger partial charge in [0, 0.05) is 13.1 Å². The van der Waals surface area contributed by atoms with Crippen molar-refractivity contribution in [1.82, 2.24) is 25.5 Å². The minimum atomic E-state index is -0.745. The highest BCUT2D eigenvalue weighted by atomic mass is 16.3. The van der Waals surface area contributed by atoms with E-state index in [0.717, 1.165) is 38.5 Å². The summed E-state index contributed by atoms with van der Waals surface area (Å²) in [5, 5.41) is 24.8. The molecule has 116 valence electrons. The Bertz CT molecular complexity index is 497. The first-order valence-corrected chi connectivity index (χ1v) is 7.85. The highest BCUT2D eigenvalue weighted by Crippen LogP contribution is 2.41. The summed E-state index contributed by atoms with van der Waals surface area (Å²) in [6, 6.07) is 0.